The number of nitrogens with one attached hydrogen (secondary N) is 1. The molecule has 3 heteroatoms. The smallest absolute Gasteiger partial charge is 0.123 e. The van der Waals surface area contributed by atoms with Crippen LogP contribution in [0.2, 0.25) is 0 Å². The van der Waals surface area contributed by atoms with Gasteiger partial charge in [-0.15, -0.1) is 0 Å². The second-order valence-corrected chi connectivity index (χ2v) is 4.45. The van der Waals surface area contributed by atoms with E-state index in [0.717, 1.165) is 36.8 Å². The van der Waals surface area contributed by atoms with Crippen LogP contribution in [0.1, 0.15) is 31.2 Å². The quantitative estimate of drug-likeness (QED) is 0.841. The van der Waals surface area contributed by atoms with Crippen molar-refractivity contribution in [2.45, 2.75) is 32.2 Å². The fourth-order valence-corrected chi connectivity index (χ4v) is 2.12. The third-order valence-electron chi connectivity index (χ3n) is 3.11. The van der Waals surface area contributed by atoms with E-state index in [4.69, 9.17) is 0 Å². The highest BCUT2D eigenvalue weighted by Gasteiger charge is 2.11. The number of rotatable bonds is 4. The Morgan fingerprint density at radius 3 is 2.41 bits per heavy atom. The fraction of sp³-hybridized carbons (Fsp3) is 0.429. The van der Waals surface area contributed by atoms with Crippen LogP contribution in [0.25, 0.3) is 0 Å². The average Bonchev–Trinajstić information content (AvgIpc) is 2.85. The van der Waals surface area contributed by atoms with Crippen molar-refractivity contribution in [1.82, 2.24) is 5.32 Å². The second-order valence-electron chi connectivity index (χ2n) is 4.45. The lowest BCUT2D eigenvalue weighted by atomic mass is 10.2. The third-order valence-corrected chi connectivity index (χ3v) is 3.11. The number of hydrogen-bond donors (Lipinski definition) is 1. The maximum absolute atomic E-state index is 13.6. The largest absolute Gasteiger partial charge is 0.306 e. The fourth-order valence-electron chi connectivity index (χ4n) is 2.12. The Morgan fingerprint density at radius 1 is 1.12 bits per heavy atom. The van der Waals surface area contributed by atoms with E-state index in [1.54, 1.807) is 12.1 Å². The van der Waals surface area contributed by atoms with E-state index in [0.29, 0.717) is 6.54 Å². The zero-order chi connectivity index (χ0) is 12.1. The van der Waals surface area contributed by atoms with Crippen LogP contribution in [0, 0.1) is 5.82 Å². The van der Waals surface area contributed by atoms with Crippen LogP contribution in [0.3, 0.4) is 0 Å². The number of benzene rings is 1. The Kier molecular flexibility index (Phi) is 4.26. The van der Waals surface area contributed by atoms with Crippen molar-refractivity contribution < 1.29 is 8.78 Å². The van der Waals surface area contributed by atoms with E-state index in [1.165, 1.54) is 12.1 Å². The van der Waals surface area contributed by atoms with Gasteiger partial charge in [-0.25, -0.2) is 8.78 Å². The van der Waals surface area contributed by atoms with Gasteiger partial charge in [0.25, 0.3) is 0 Å². The average molecular weight is 237 g/mol. The van der Waals surface area contributed by atoms with E-state index in [9.17, 15) is 8.78 Å². The van der Waals surface area contributed by atoms with Crippen LogP contribution in [0.15, 0.2) is 35.7 Å². The SMILES string of the molecule is FC(CNCc1ccc(F)cc1)=C1CCCC1. The Labute approximate surface area is 101 Å². The molecule has 0 unspecified atom stereocenters. The van der Waals surface area contributed by atoms with E-state index < -0.39 is 0 Å². The van der Waals surface area contributed by atoms with Crippen molar-refractivity contribution in [3.63, 3.8) is 0 Å². The number of hydrogen-bond acceptors (Lipinski definition) is 1. The first-order valence-electron chi connectivity index (χ1n) is 6.07. The molecule has 1 aliphatic carbocycles. The Hall–Kier alpha value is -1.22. The summed E-state index contributed by atoms with van der Waals surface area (Å²) in [6.45, 7) is 0.855. The molecule has 1 N–H and O–H groups in total. The Bertz CT molecular complexity index is 387. The van der Waals surface area contributed by atoms with Gasteiger partial charge in [0.05, 0.1) is 0 Å². The predicted molar refractivity (Wildman–Crippen MR) is 64.7 cm³/mol. The summed E-state index contributed by atoms with van der Waals surface area (Å²) in [6, 6.07) is 6.26. The maximum Gasteiger partial charge on any atom is 0.123 e. The lowest BCUT2D eigenvalue weighted by molar-refractivity contribution is 0.554. The van der Waals surface area contributed by atoms with Gasteiger partial charge >= 0.3 is 0 Å². The van der Waals surface area contributed by atoms with Crippen molar-refractivity contribution in [3.8, 4) is 0 Å². The summed E-state index contributed by atoms with van der Waals surface area (Å²) < 4.78 is 26.3. The van der Waals surface area contributed by atoms with Crippen molar-refractivity contribution >= 4 is 0 Å². The number of allylic oxidation sites excluding steroid dienone is 1. The summed E-state index contributed by atoms with van der Waals surface area (Å²) in [5.41, 5.74) is 1.94. The van der Waals surface area contributed by atoms with E-state index in [-0.39, 0.29) is 18.2 Å². The molecule has 1 aromatic carbocycles. The molecule has 0 aromatic heterocycles. The number of halogens is 2. The lowest BCUT2D eigenvalue weighted by Crippen LogP contribution is -2.15. The van der Waals surface area contributed by atoms with Crippen LogP contribution in [-0.4, -0.2) is 6.54 Å². The molecule has 0 bridgehead atoms. The Balaban J connectivity index is 1.79. The molecule has 1 aliphatic rings. The first kappa shape index (κ1) is 12.2. The van der Waals surface area contributed by atoms with Crippen molar-refractivity contribution in [2.24, 2.45) is 0 Å². The highest BCUT2D eigenvalue weighted by atomic mass is 19.1. The lowest BCUT2D eigenvalue weighted by Gasteiger charge is -2.05. The molecule has 0 aliphatic heterocycles. The van der Waals surface area contributed by atoms with Crippen LogP contribution in [0.5, 0.6) is 0 Å². The van der Waals surface area contributed by atoms with Gasteiger partial charge in [0.2, 0.25) is 0 Å². The summed E-state index contributed by atoms with van der Waals surface area (Å²) in [7, 11) is 0. The summed E-state index contributed by atoms with van der Waals surface area (Å²) in [4.78, 5) is 0. The monoisotopic (exact) mass is 237 g/mol. The molecule has 0 spiro atoms. The maximum atomic E-state index is 13.6. The zero-order valence-electron chi connectivity index (χ0n) is 9.81. The molecule has 92 valence electrons. The minimum Gasteiger partial charge on any atom is -0.306 e. The van der Waals surface area contributed by atoms with Gasteiger partial charge in [-0.05, 0) is 49.0 Å². The highest BCUT2D eigenvalue weighted by molar-refractivity contribution is 5.17. The molecule has 0 radical (unpaired) electrons. The standard InChI is InChI=1S/C14H17F2N/c15-13-7-5-11(6-8-13)9-17-10-14(16)12-3-1-2-4-12/h5-8,17H,1-4,9-10H2. The van der Waals surface area contributed by atoms with Crippen LogP contribution < -0.4 is 5.32 Å². The van der Waals surface area contributed by atoms with Gasteiger partial charge in [0.1, 0.15) is 11.6 Å². The normalized spacial score (nSPS) is 15.3. The predicted octanol–water partition coefficient (Wildman–Crippen LogP) is 3.71. The molecular weight excluding hydrogens is 220 g/mol. The Morgan fingerprint density at radius 2 is 1.76 bits per heavy atom. The van der Waals surface area contributed by atoms with Gasteiger partial charge in [-0.1, -0.05) is 12.1 Å². The van der Waals surface area contributed by atoms with Gasteiger partial charge in [-0.2, -0.15) is 0 Å². The molecule has 17 heavy (non-hydrogen) atoms. The molecule has 0 saturated heterocycles. The molecular formula is C14H17F2N. The van der Waals surface area contributed by atoms with Gasteiger partial charge in [0, 0.05) is 13.1 Å². The first-order chi connectivity index (χ1) is 8.25. The molecule has 1 fully saturated rings. The summed E-state index contributed by atoms with van der Waals surface area (Å²) >= 11 is 0. The molecule has 0 amide bonds. The summed E-state index contributed by atoms with van der Waals surface area (Å²) in [5.74, 6) is -0.252. The van der Waals surface area contributed by atoms with Crippen molar-refractivity contribution in [3.05, 3.63) is 47.0 Å². The summed E-state index contributed by atoms with van der Waals surface area (Å²) in [5, 5.41) is 3.04. The van der Waals surface area contributed by atoms with E-state index in [2.05, 4.69) is 5.32 Å². The molecule has 2 rings (SSSR count). The molecule has 1 nitrogen and oxygen atoms in total. The highest BCUT2D eigenvalue weighted by Crippen LogP contribution is 2.27. The molecule has 0 atom stereocenters. The van der Waals surface area contributed by atoms with Crippen molar-refractivity contribution in [2.75, 3.05) is 6.54 Å². The molecule has 1 saturated carbocycles. The second kappa shape index (κ2) is 5.92. The minimum absolute atomic E-state index is 0.00962. The van der Waals surface area contributed by atoms with Crippen molar-refractivity contribution in [1.29, 1.82) is 0 Å². The van der Waals surface area contributed by atoms with Crippen LogP contribution in [-0.2, 0) is 6.54 Å². The zero-order valence-corrected chi connectivity index (χ0v) is 9.81. The summed E-state index contributed by atoms with van der Waals surface area (Å²) in [6.07, 6.45) is 4.04. The van der Waals surface area contributed by atoms with E-state index >= 15 is 0 Å². The van der Waals surface area contributed by atoms with Gasteiger partial charge in [-0.3, -0.25) is 0 Å². The minimum atomic E-state index is -0.243. The molecule has 1 aromatic rings. The topological polar surface area (TPSA) is 12.0 Å². The first-order valence-corrected chi connectivity index (χ1v) is 6.07. The van der Waals surface area contributed by atoms with Crippen LogP contribution >= 0.6 is 0 Å². The molecule has 0 heterocycles. The van der Waals surface area contributed by atoms with Gasteiger partial charge in [0.15, 0.2) is 0 Å². The van der Waals surface area contributed by atoms with E-state index in [1.807, 2.05) is 0 Å². The van der Waals surface area contributed by atoms with Crippen LogP contribution in [0.4, 0.5) is 8.78 Å². The van der Waals surface area contributed by atoms with Gasteiger partial charge < -0.3 is 5.32 Å². The third kappa shape index (κ3) is 3.63.